The second-order valence-electron chi connectivity index (χ2n) is 15.9. The highest BCUT2D eigenvalue weighted by Gasteiger charge is 2.68. The van der Waals surface area contributed by atoms with Crippen LogP contribution in [0.1, 0.15) is 103 Å². The van der Waals surface area contributed by atoms with Crippen LogP contribution in [0.2, 0.25) is 0 Å². The molecule has 0 spiro atoms. The molecule has 10 atom stereocenters. The summed E-state index contributed by atoms with van der Waals surface area (Å²) >= 11 is 0. The summed E-state index contributed by atoms with van der Waals surface area (Å²) in [7, 11) is 0. The van der Waals surface area contributed by atoms with E-state index in [1.165, 1.54) is 12.8 Å². The molecule has 4 aliphatic rings. The largest absolute Gasteiger partial charge is 0.481 e. The minimum absolute atomic E-state index is 0.107. The zero-order valence-corrected chi connectivity index (χ0v) is 27.5. The first-order chi connectivity index (χ1) is 21.2. The number of amides is 1. The van der Waals surface area contributed by atoms with Crippen LogP contribution in [0.25, 0.3) is 11.0 Å². The number of fused-ring (bicyclic) bond motifs is 6. The summed E-state index contributed by atoms with van der Waals surface area (Å²) in [6.45, 7) is 11.3. The quantitative estimate of drug-likeness (QED) is 0.260. The summed E-state index contributed by atoms with van der Waals surface area (Å²) in [6, 6.07) is 5.12. The van der Waals surface area contributed by atoms with Crippen molar-refractivity contribution >= 4 is 28.5 Å². The highest BCUT2D eigenvalue weighted by molar-refractivity contribution is 5.94. The summed E-state index contributed by atoms with van der Waals surface area (Å²) in [5.41, 5.74) is 1.07. The fourth-order valence-corrected chi connectivity index (χ4v) is 11.4. The molecule has 6 rings (SSSR count). The fraction of sp³-hybridized carbons (Fsp3) is 0.703. The Morgan fingerprint density at radius 1 is 1.02 bits per heavy atom. The van der Waals surface area contributed by atoms with Crippen LogP contribution in [0.4, 0.5) is 5.69 Å². The van der Waals surface area contributed by atoms with Gasteiger partial charge in [-0.3, -0.25) is 9.59 Å². The molecule has 246 valence electrons. The van der Waals surface area contributed by atoms with Gasteiger partial charge in [0.05, 0.1) is 24.2 Å². The van der Waals surface area contributed by atoms with Crippen molar-refractivity contribution in [2.75, 3.05) is 5.32 Å². The third-order valence-electron chi connectivity index (χ3n) is 13.8. The third-order valence-corrected chi connectivity index (χ3v) is 13.8. The number of benzene rings is 1. The molecule has 2 aromatic rings. The number of carbonyl (C=O) groups is 2. The van der Waals surface area contributed by atoms with Crippen molar-refractivity contribution in [3.63, 3.8) is 0 Å². The zero-order valence-electron chi connectivity index (χ0n) is 27.5. The summed E-state index contributed by atoms with van der Waals surface area (Å²) in [5, 5.41) is 35.1. The highest BCUT2D eigenvalue weighted by atomic mass is 16.4. The van der Waals surface area contributed by atoms with Gasteiger partial charge in [0.1, 0.15) is 5.58 Å². The Hall–Kier alpha value is -2.71. The van der Waals surface area contributed by atoms with Crippen molar-refractivity contribution in [1.82, 2.24) is 0 Å². The van der Waals surface area contributed by atoms with Crippen molar-refractivity contribution in [3.05, 3.63) is 39.7 Å². The van der Waals surface area contributed by atoms with Crippen LogP contribution in [-0.2, 0) is 16.0 Å². The summed E-state index contributed by atoms with van der Waals surface area (Å²) < 4.78 is 5.41. The minimum atomic E-state index is -1.09. The lowest BCUT2D eigenvalue weighted by atomic mass is 9.38. The summed E-state index contributed by atoms with van der Waals surface area (Å²) in [4.78, 5) is 36.7. The lowest BCUT2D eigenvalue weighted by Gasteiger charge is -2.67. The number of carboxylic acid groups (broad SMARTS) is 1. The standard InChI is InChI=1S/C37H51NO7/c1-20(6-11-32(41)38-23-7-8-25-21(2)26(18-33(42)43)34(44)45-28(25)17-23)27-9-10-29-36(4)14-12-22-16-24(39)13-15-35(22,3)30(36)19-31(40)37(27,29)5/h7-8,17,20,22,24,27,29-31,39-40H,6,9-16,18-19H2,1-5H3,(H,38,41)(H,42,43)/t20-,22-,24-,27-,29+,30-,31?,35+,36+,37-/m1/s1. The van der Waals surface area contributed by atoms with Gasteiger partial charge in [0.15, 0.2) is 0 Å². The average molecular weight is 622 g/mol. The van der Waals surface area contributed by atoms with E-state index in [1.54, 1.807) is 25.1 Å². The minimum Gasteiger partial charge on any atom is -0.481 e. The van der Waals surface area contributed by atoms with Gasteiger partial charge in [0.25, 0.3) is 0 Å². The Bertz CT molecular complexity index is 1550. The number of hydrogen-bond donors (Lipinski definition) is 4. The average Bonchev–Trinajstić information content (AvgIpc) is 3.35. The van der Waals surface area contributed by atoms with E-state index in [-0.39, 0.29) is 45.8 Å². The lowest BCUT2D eigenvalue weighted by molar-refractivity contribution is -0.214. The van der Waals surface area contributed by atoms with E-state index in [1.807, 2.05) is 0 Å². The molecule has 0 saturated heterocycles. The Morgan fingerprint density at radius 3 is 2.49 bits per heavy atom. The van der Waals surface area contributed by atoms with Gasteiger partial charge in [-0.05, 0) is 128 Å². The van der Waals surface area contributed by atoms with Crippen LogP contribution in [0, 0.1) is 52.8 Å². The first-order valence-corrected chi connectivity index (χ1v) is 17.1. The Labute approximate surface area is 266 Å². The molecule has 1 heterocycles. The molecular formula is C37H51NO7. The van der Waals surface area contributed by atoms with Crippen molar-refractivity contribution in [3.8, 4) is 0 Å². The second-order valence-corrected chi connectivity index (χ2v) is 15.9. The predicted octanol–water partition coefficient (Wildman–Crippen LogP) is 6.46. The van der Waals surface area contributed by atoms with E-state index in [2.05, 4.69) is 33.0 Å². The molecule has 0 bridgehead atoms. The van der Waals surface area contributed by atoms with Crippen LogP contribution in [0.5, 0.6) is 0 Å². The molecule has 4 fully saturated rings. The number of nitrogens with one attached hydrogen (secondary N) is 1. The topological polar surface area (TPSA) is 137 Å². The fourth-order valence-electron chi connectivity index (χ4n) is 11.4. The molecule has 45 heavy (non-hydrogen) atoms. The van der Waals surface area contributed by atoms with E-state index in [9.17, 15) is 24.6 Å². The number of aliphatic carboxylic acids is 1. The van der Waals surface area contributed by atoms with Gasteiger partial charge in [-0.1, -0.05) is 27.7 Å². The van der Waals surface area contributed by atoms with E-state index in [0.29, 0.717) is 52.3 Å². The van der Waals surface area contributed by atoms with Crippen LogP contribution in [0.15, 0.2) is 27.4 Å². The molecule has 1 amide bonds. The van der Waals surface area contributed by atoms with Gasteiger partial charge in [-0.25, -0.2) is 4.79 Å². The van der Waals surface area contributed by atoms with E-state index in [0.717, 1.165) is 44.9 Å². The number of hydrogen-bond acceptors (Lipinski definition) is 6. The molecule has 8 nitrogen and oxygen atoms in total. The molecule has 4 aliphatic carbocycles. The molecule has 4 N–H and O–H groups in total. The first kappa shape index (κ1) is 32.2. The van der Waals surface area contributed by atoms with E-state index >= 15 is 0 Å². The number of rotatable bonds is 7. The van der Waals surface area contributed by atoms with Crippen molar-refractivity contribution < 1.29 is 29.3 Å². The van der Waals surface area contributed by atoms with Gasteiger partial charge in [0, 0.05) is 23.6 Å². The van der Waals surface area contributed by atoms with Crippen LogP contribution in [0.3, 0.4) is 0 Å². The van der Waals surface area contributed by atoms with Crippen molar-refractivity contribution in [2.24, 2.45) is 45.8 Å². The van der Waals surface area contributed by atoms with E-state index in [4.69, 9.17) is 9.52 Å². The van der Waals surface area contributed by atoms with Crippen molar-refractivity contribution in [1.29, 1.82) is 0 Å². The molecular weight excluding hydrogens is 570 g/mol. The third kappa shape index (κ3) is 5.24. The number of aliphatic hydroxyl groups is 2. The molecule has 4 saturated carbocycles. The SMILES string of the molecule is Cc1c(CC(=O)O)c(=O)oc2cc(NC(=O)CC[C@@H](C)[C@H]3CC[C@H]4[C@]5(C)CC[C@@H]6C[C@H](O)CC[C@]6(C)[C@H]5CC(O)[C@]34C)ccc12. The van der Waals surface area contributed by atoms with Crippen LogP contribution in [-0.4, -0.2) is 39.4 Å². The number of anilines is 1. The smallest absolute Gasteiger partial charge is 0.340 e. The van der Waals surface area contributed by atoms with Gasteiger partial charge in [-0.15, -0.1) is 0 Å². The number of aliphatic hydroxyl groups excluding tert-OH is 2. The predicted molar refractivity (Wildman–Crippen MR) is 173 cm³/mol. The molecule has 0 aliphatic heterocycles. The van der Waals surface area contributed by atoms with E-state index < -0.39 is 18.0 Å². The van der Waals surface area contributed by atoms with Gasteiger partial charge in [0.2, 0.25) is 5.91 Å². The maximum absolute atomic E-state index is 13.1. The van der Waals surface area contributed by atoms with Gasteiger partial charge >= 0.3 is 11.6 Å². The molecule has 0 radical (unpaired) electrons. The second kappa shape index (κ2) is 11.5. The van der Waals surface area contributed by atoms with Crippen molar-refractivity contribution in [2.45, 2.75) is 117 Å². The normalized spacial score (nSPS) is 38.2. The Kier molecular flexibility index (Phi) is 8.25. The summed E-state index contributed by atoms with van der Waals surface area (Å²) in [5.74, 6) is 0.900. The number of carboxylic acids is 1. The monoisotopic (exact) mass is 621 g/mol. The van der Waals surface area contributed by atoms with Gasteiger partial charge in [-0.2, -0.15) is 0 Å². The Balaban J connectivity index is 1.12. The maximum atomic E-state index is 13.1. The lowest BCUT2D eigenvalue weighted by Crippen LogP contribution is -2.63. The van der Waals surface area contributed by atoms with Crippen LogP contribution < -0.4 is 10.9 Å². The molecule has 1 unspecified atom stereocenters. The maximum Gasteiger partial charge on any atom is 0.340 e. The first-order valence-electron chi connectivity index (χ1n) is 17.1. The Morgan fingerprint density at radius 2 is 1.76 bits per heavy atom. The molecule has 1 aromatic carbocycles. The molecule has 1 aromatic heterocycles. The number of aryl methyl sites for hydroxylation is 1. The van der Waals surface area contributed by atoms with Gasteiger partial charge < -0.3 is 25.1 Å². The molecule has 8 heteroatoms. The zero-order chi connectivity index (χ0) is 32.5. The highest BCUT2D eigenvalue weighted by Crippen LogP contribution is 2.73. The van der Waals surface area contributed by atoms with Crippen LogP contribution >= 0.6 is 0 Å². The summed E-state index contributed by atoms with van der Waals surface area (Å²) in [6.07, 6.45) is 8.37. The number of carbonyl (C=O) groups excluding carboxylic acids is 1.